The Labute approximate surface area is 132 Å². The maximum atomic E-state index is 9.26. The molecule has 2 atom stereocenters. The molecule has 2 heterocycles. The summed E-state index contributed by atoms with van der Waals surface area (Å²) in [5.41, 5.74) is 6.29. The molecule has 110 valence electrons. The average molecular weight is 288 g/mol. The zero-order valence-electron chi connectivity index (χ0n) is 12.9. The van der Waals surface area contributed by atoms with E-state index in [1.807, 2.05) is 6.07 Å². The molecule has 1 fully saturated rings. The minimum atomic E-state index is 0.338. The van der Waals surface area contributed by atoms with Crippen LogP contribution in [0.4, 0.5) is 5.69 Å². The van der Waals surface area contributed by atoms with Crippen molar-refractivity contribution in [1.82, 2.24) is 0 Å². The molecule has 22 heavy (non-hydrogen) atoms. The second kappa shape index (κ2) is 5.18. The van der Waals surface area contributed by atoms with Crippen LogP contribution in [0, 0.1) is 11.3 Å². The molecular weight excluding hydrogens is 268 g/mol. The summed E-state index contributed by atoms with van der Waals surface area (Å²) >= 11 is 0. The van der Waals surface area contributed by atoms with Crippen LogP contribution in [0.2, 0.25) is 0 Å². The third-order valence-electron chi connectivity index (χ3n) is 5.26. The van der Waals surface area contributed by atoms with Crippen LogP contribution in [0.1, 0.15) is 60.4 Å². The Bertz CT molecular complexity index is 757. The molecule has 2 nitrogen and oxygen atoms in total. The molecule has 0 aliphatic carbocycles. The average Bonchev–Trinajstić information content (AvgIpc) is 2.70. The highest BCUT2D eigenvalue weighted by molar-refractivity contribution is 5.64. The van der Waals surface area contributed by atoms with Crippen molar-refractivity contribution in [2.45, 2.75) is 38.1 Å². The maximum Gasteiger partial charge on any atom is 0.0991 e. The molecule has 0 amide bonds. The highest BCUT2D eigenvalue weighted by Crippen LogP contribution is 2.46. The van der Waals surface area contributed by atoms with Crippen LogP contribution >= 0.6 is 0 Å². The SMILES string of the molecule is C[C@H]1c2ccccc2[C@@H]2CCCCN2c2ccc(C#N)cc21. The lowest BCUT2D eigenvalue weighted by Crippen LogP contribution is -2.33. The zero-order chi connectivity index (χ0) is 15.1. The predicted octanol–water partition coefficient (Wildman–Crippen LogP) is 4.76. The van der Waals surface area contributed by atoms with Crippen LogP contribution < -0.4 is 4.90 Å². The van der Waals surface area contributed by atoms with Gasteiger partial charge in [0, 0.05) is 18.2 Å². The van der Waals surface area contributed by atoms with Crippen molar-refractivity contribution in [3.63, 3.8) is 0 Å². The van der Waals surface area contributed by atoms with Gasteiger partial charge in [-0.2, -0.15) is 5.26 Å². The smallest absolute Gasteiger partial charge is 0.0991 e. The predicted molar refractivity (Wildman–Crippen MR) is 89.1 cm³/mol. The lowest BCUT2D eigenvalue weighted by Gasteiger charge is -2.38. The first kappa shape index (κ1) is 13.4. The topological polar surface area (TPSA) is 27.0 Å². The van der Waals surface area contributed by atoms with Gasteiger partial charge in [0.05, 0.1) is 17.7 Å². The first-order valence-corrected chi connectivity index (χ1v) is 8.19. The number of hydrogen-bond acceptors (Lipinski definition) is 2. The van der Waals surface area contributed by atoms with E-state index in [2.05, 4.69) is 54.3 Å². The Kier molecular flexibility index (Phi) is 3.15. The van der Waals surface area contributed by atoms with Gasteiger partial charge in [0.25, 0.3) is 0 Å². The Hall–Kier alpha value is -2.27. The Morgan fingerprint density at radius 2 is 1.86 bits per heavy atom. The second-order valence-corrected chi connectivity index (χ2v) is 6.44. The standard InChI is InChI=1S/C20H20N2/c1-14-16-6-2-3-7-17(16)19-8-4-5-11-22(19)20-10-9-15(13-21)12-18(14)20/h2-3,6-7,9-10,12,14,19H,4-5,8,11H2,1H3/t14-,19-/m0/s1. The molecule has 2 aliphatic rings. The monoisotopic (exact) mass is 288 g/mol. The number of rotatable bonds is 0. The molecule has 1 saturated heterocycles. The van der Waals surface area contributed by atoms with Crippen LogP contribution in [0.15, 0.2) is 42.5 Å². The van der Waals surface area contributed by atoms with Crippen LogP contribution in [0.25, 0.3) is 0 Å². The normalized spacial score (nSPS) is 22.8. The van der Waals surface area contributed by atoms with E-state index in [0.29, 0.717) is 12.0 Å². The van der Waals surface area contributed by atoms with E-state index in [1.165, 1.54) is 41.6 Å². The molecule has 2 heteroatoms. The Balaban J connectivity index is 1.97. The summed E-state index contributed by atoms with van der Waals surface area (Å²) in [7, 11) is 0. The summed E-state index contributed by atoms with van der Waals surface area (Å²) in [6.45, 7) is 3.39. The van der Waals surface area contributed by atoms with Gasteiger partial charge in [0.1, 0.15) is 0 Å². The molecule has 0 bridgehead atoms. The van der Waals surface area contributed by atoms with Crippen molar-refractivity contribution in [1.29, 1.82) is 5.26 Å². The largest absolute Gasteiger partial charge is 0.364 e. The Morgan fingerprint density at radius 3 is 2.68 bits per heavy atom. The van der Waals surface area contributed by atoms with E-state index in [1.54, 1.807) is 0 Å². The summed E-state index contributed by atoms with van der Waals surface area (Å²) < 4.78 is 0. The summed E-state index contributed by atoms with van der Waals surface area (Å²) in [4.78, 5) is 2.57. The number of fused-ring (bicyclic) bond motifs is 5. The lowest BCUT2D eigenvalue weighted by atomic mass is 9.87. The maximum absolute atomic E-state index is 9.26. The van der Waals surface area contributed by atoms with Gasteiger partial charge in [0.2, 0.25) is 0 Å². The fraction of sp³-hybridized carbons (Fsp3) is 0.350. The number of nitriles is 1. The zero-order valence-corrected chi connectivity index (χ0v) is 12.9. The minimum Gasteiger partial charge on any atom is -0.364 e. The van der Waals surface area contributed by atoms with Gasteiger partial charge in [-0.3, -0.25) is 0 Å². The quantitative estimate of drug-likeness (QED) is 0.699. The minimum absolute atomic E-state index is 0.338. The fourth-order valence-electron chi connectivity index (χ4n) is 4.15. The molecule has 0 spiro atoms. The van der Waals surface area contributed by atoms with Gasteiger partial charge in [-0.05, 0) is 54.2 Å². The molecular formula is C20H20N2. The lowest BCUT2D eigenvalue weighted by molar-refractivity contribution is 0.473. The highest BCUT2D eigenvalue weighted by atomic mass is 15.2. The van der Waals surface area contributed by atoms with E-state index in [-0.39, 0.29) is 0 Å². The fourth-order valence-corrected chi connectivity index (χ4v) is 4.15. The molecule has 4 rings (SSSR count). The highest BCUT2D eigenvalue weighted by Gasteiger charge is 2.33. The van der Waals surface area contributed by atoms with Crippen molar-refractivity contribution in [2.75, 3.05) is 11.4 Å². The molecule has 2 aromatic carbocycles. The van der Waals surface area contributed by atoms with Gasteiger partial charge < -0.3 is 4.90 Å². The van der Waals surface area contributed by atoms with Crippen molar-refractivity contribution >= 4 is 5.69 Å². The van der Waals surface area contributed by atoms with E-state index in [9.17, 15) is 5.26 Å². The van der Waals surface area contributed by atoms with E-state index in [0.717, 1.165) is 12.1 Å². The summed E-state index contributed by atoms with van der Waals surface area (Å²) in [6, 6.07) is 17.9. The van der Waals surface area contributed by atoms with Crippen molar-refractivity contribution in [3.8, 4) is 6.07 Å². The first-order chi connectivity index (χ1) is 10.8. The van der Waals surface area contributed by atoms with Crippen LogP contribution in [0.3, 0.4) is 0 Å². The summed E-state index contributed by atoms with van der Waals surface area (Å²) in [5, 5.41) is 9.26. The number of nitrogens with zero attached hydrogens (tertiary/aromatic N) is 2. The van der Waals surface area contributed by atoms with E-state index >= 15 is 0 Å². The van der Waals surface area contributed by atoms with Crippen LogP contribution in [0.5, 0.6) is 0 Å². The van der Waals surface area contributed by atoms with Crippen LogP contribution in [-0.4, -0.2) is 6.54 Å². The number of benzene rings is 2. The Morgan fingerprint density at radius 1 is 1.05 bits per heavy atom. The van der Waals surface area contributed by atoms with Gasteiger partial charge in [-0.1, -0.05) is 31.2 Å². The van der Waals surface area contributed by atoms with Gasteiger partial charge >= 0.3 is 0 Å². The molecule has 0 saturated carbocycles. The summed E-state index contributed by atoms with van der Waals surface area (Å²) in [5.74, 6) is 0.338. The third kappa shape index (κ3) is 1.93. The first-order valence-electron chi connectivity index (χ1n) is 8.19. The molecule has 2 aliphatic heterocycles. The van der Waals surface area contributed by atoms with Crippen LogP contribution in [-0.2, 0) is 0 Å². The van der Waals surface area contributed by atoms with Crippen molar-refractivity contribution < 1.29 is 0 Å². The molecule has 0 N–H and O–H groups in total. The van der Waals surface area contributed by atoms with Crippen molar-refractivity contribution in [2.24, 2.45) is 0 Å². The number of anilines is 1. The number of hydrogen-bond donors (Lipinski definition) is 0. The van der Waals surface area contributed by atoms with E-state index in [4.69, 9.17) is 0 Å². The molecule has 0 aromatic heterocycles. The van der Waals surface area contributed by atoms with Gasteiger partial charge in [0.15, 0.2) is 0 Å². The van der Waals surface area contributed by atoms with Gasteiger partial charge in [-0.15, -0.1) is 0 Å². The molecule has 2 aromatic rings. The number of piperidine rings is 1. The van der Waals surface area contributed by atoms with E-state index < -0.39 is 0 Å². The second-order valence-electron chi connectivity index (χ2n) is 6.44. The van der Waals surface area contributed by atoms with Gasteiger partial charge in [-0.25, -0.2) is 0 Å². The molecule has 0 unspecified atom stereocenters. The summed E-state index contributed by atoms with van der Waals surface area (Å²) in [6.07, 6.45) is 3.78. The molecule has 0 radical (unpaired) electrons. The third-order valence-corrected chi connectivity index (χ3v) is 5.26. The van der Waals surface area contributed by atoms with Crippen molar-refractivity contribution in [3.05, 3.63) is 64.7 Å².